The van der Waals surface area contributed by atoms with E-state index in [-0.39, 0.29) is 12.5 Å². The van der Waals surface area contributed by atoms with E-state index in [1.807, 2.05) is 26.8 Å². The summed E-state index contributed by atoms with van der Waals surface area (Å²) in [6, 6.07) is 1.98. The summed E-state index contributed by atoms with van der Waals surface area (Å²) in [5.41, 5.74) is 4.15. The summed E-state index contributed by atoms with van der Waals surface area (Å²) in [6.07, 6.45) is -0.0622. The minimum absolute atomic E-state index is 0.151. The standard InChI is InChI=1S/C18H19F3N6/c1-10(2)26-15-11(3)6-12(7-23-15)13-8-24-16-14(13)9-25-17(27-16)22-5-4-18(19,20)21/h6-9H,4-5H2,1-3H3,(H2,22,24,25,27). The lowest BCUT2D eigenvalue weighted by atomic mass is 10.1. The summed E-state index contributed by atoms with van der Waals surface area (Å²) in [6.45, 7) is 5.48. The van der Waals surface area contributed by atoms with E-state index in [2.05, 4.69) is 30.2 Å². The molecule has 3 aromatic heterocycles. The first-order valence-electron chi connectivity index (χ1n) is 8.36. The number of nitrogens with one attached hydrogen (secondary N) is 2. The lowest BCUT2D eigenvalue weighted by molar-refractivity contribution is -0.131. The zero-order valence-corrected chi connectivity index (χ0v) is 15.1. The van der Waals surface area contributed by atoms with Crippen LogP contribution in [0.1, 0.15) is 25.8 Å². The molecule has 3 rings (SSSR count). The van der Waals surface area contributed by atoms with Gasteiger partial charge in [0.25, 0.3) is 0 Å². The van der Waals surface area contributed by atoms with E-state index in [9.17, 15) is 13.2 Å². The van der Waals surface area contributed by atoms with Gasteiger partial charge in [-0.1, -0.05) is 0 Å². The molecular weight excluding hydrogens is 357 g/mol. The maximum absolute atomic E-state index is 12.2. The third-order valence-corrected chi connectivity index (χ3v) is 3.81. The second-order valence-corrected chi connectivity index (χ2v) is 6.37. The molecule has 0 unspecified atom stereocenters. The van der Waals surface area contributed by atoms with Crippen LogP contribution in [0.15, 0.2) is 29.6 Å². The number of aliphatic imine (C=N–C) groups is 1. The zero-order valence-electron chi connectivity index (χ0n) is 15.1. The van der Waals surface area contributed by atoms with Gasteiger partial charge in [0.1, 0.15) is 5.65 Å². The molecule has 0 aliphatic heterocycles. The molecule has 6 nitrogen and oxygen atoms in total. The molecule has 0 saturated heterocycles. The Labute approximate surface area is 154 Å². The van der Waals surface area contributed by atoms with Gasteiger partial charge in [-0.2, -0.15) is 18.2 Å². The highest BCUT2D eigenvalue weighted by Gasteiger charge is 2.26. The Bertz CT molecular complexity index is 986. The van der Waals surface area contributed by atoms with Crippen molar-refractivity contribution < 1.29 is 13.2 Å². The fraction of sp³-hybridized carbons (Fsp3) is 0.333. The quantitative estimate of drug-likeness (QED) is 0.627. The number of alkyl halides is 3. The van der Waals surface area contributed by atoms with Gasteiger partial charge in [-0.15, -0.1) is 0 Å². The highest BCUT2D eigenvalue weighted by atomic mass is 19.4. The van der Waals surface area contributed by atoms with E-state index in [1.54, 1.807) is 18.6 Å². The van der Waals surface area contributed by atoms with E-state index >= 15 is 0 Å². The molecule has 0 aliphatic carbocycles. The van der Waals surface area contributed by atoms with Gasteiger partial charge in [0.05, 0.1) is 6.42 Å². The Morgan fingerprint density at radius 1 is 1.22 bits per heavy atom. The third-order valence-electron chi connectivity index (χ3n) is 3.81. The Hall–Kier alpha value is -2.97. The zero-order chi connectivity index (χ0) is 19.6. The number of anilines is 1. The summed E-state index contributed by atoms with van der Waals surface area (Å²) in [7, 11) is 0. The number of fused-ring (bicyclic) bond motifs is 1. The topological polar surface area (TPSA) is 78.8 Å². The van der Waals surface area contributed by atoms with Crippen molar-refractivity contribution in [3.05, 3.63) is 30.2 Å². The first-order chi connectivity index (χ1) is 12.7. The van der Waals surface area contributed by atoms with Crippen molar-refractivity contribution in [2.75, 3.05) is 11.9 Å². The van der Waals surface area contributed by atoms with Gasteiger partial charge in [-0.25, -0.2) is 15.0 Å². The number of halogens is 3. The Morgan fingerprint density at radius 2 is 2.00 bits per heavy atom. The number of aromatic nitrogens is 4. The SMILES string of the molecule is CC(C)=Nc1ncc(-c2c[nH]c3nc(NCCC(F)(F)F)ncc23)cc1C. The van der Waals surface area contributed by atoms with Crippen molar-refractivity contribution in [1.29, 1.82) is 0 Å². The van der Waals surface area contributed by atoms with E-state index in [0.29, 0.717) is 11.5 Å². The van der Waals surface area contributed by atoms with Crippen LogP contribution in [-0.4, -0.2) is 38.4 Å². The predicted molar refractivity (Wildman–Crippen MR) is 99.5 cm³/mol. The Balaban J connectivity index is 1.84. The fourth-order valence-electron chi connectivity index (χ4n) is 2.59. The van der Waals surface area contributed by atoms with Crippen LogP contribution in [0.4, 0.5) is 24.9 Å². The molecular formula is C18H19F3N6. The summed E-state index contributed by atoms with van der Waals surface area (Å²) in [5.74, 6) is 0.823. The second-order valence-electron chi connectivity index (χ2n) is 6.37. The van der Waals surface area contributed by atoms with Gasteiger partial charge in [0, 0.05) is 47.4 Å². The molecule has 0 spiro atoms. The second kappa shape index (κ2) is 7.34. The molecule has 3 aromatic rings. The van der Waals surface area contributed by atoms with E-state index in [4.69, 9.17) is 0 Å². The van der Waals surface area contributed by atoms with Crippen LogP contribution < -0.4 is 5.32 Å². The molecule has 142 valence electrons. The number of hydrogen-bond acceptors (Lipinski definition) is 5. The average Bonchev–Trinajstić information content (AvgIpc) is 2.98. The van der Waals surface area contributed by atoms with Crippen LogP contribution in [0.25, 0.3) is 22.2 Å². The monoisotopic (exact) mass is 376 g/mol. The minimum atomic E-state index is -4.21. The predicted octanol–water partition coefficient (Wildman–Crippen LogP) is 4.80. The normalized spacial score (nSPS) is 11.6. The largest absolute Gasteiger partial charge is 0.390 e. The summed E-state index contributed by atoms with van der Waals surface area (Å²) < 4.78 is 36.7. The molecule has 0 aromatic carbocycles. The van der Waals surface area contributed by atoms with Crippen molar-refractivity contribution in [2.24, 2.45) is 4.99 Å². The van der Waals surface area contributed by atoms with Crippen molar-refractivity contribution in [3.63, 3.8) is 0 Å². The molecule has 9 heteroatoms. The summed E-state index contributed by atoms with van der Waals surface area (Å²) in [4.78, 5) is 20.2. The highest BCUT2D eigenvalue weighted by Crippen LogP contribution is 2.30. The molecule has 0 radical (unpaired) electrons. The van der Waals surface area contributed by atoms with Crippen LogP contribution in [0, 0.1) is 6.92 Å². The van der Waals surface area contributed by atoms with Gasteiger partial charge in [0.15, 0.2) is 5.82 Å². The first kappa shape index (κ1) is 18.8. The molecule has 0 bridgehead atoms. The van der Waals surface area contributed by atoms with Crippen molar-refractivity contribution in [3.8, 4) is 11.1 Å². The van der Waals surface area contributed by atoms with E-state index in [1.165, 1.54) is 0 Å². The molecule has 0 atom stereocenters. The van der Waals surface area contributed by atoms with Crippen LogP contribution in [-0.2, 0) is 0 Å². The highest BCUT2D eigenvalue weighted by molar-refractivity contribution is 5.93. The number of rotatable bonds is 5. The van der Waals surface area contributed by atoms with Gasteiger partial charge in [-0.3, -0.25) is 0 Å². The maximum atomic E-state index is 12.2. The van der Waals surface area contributed by atoms with Gasteiger partial charge in [0.2, 0.25) is 5.95 Å². The number of aryl methyl sites for hydroxylation is 1. The molecule has 0 amide bonds. The summed E-state index contributed by atoms with van der Waals surface area (Å²) in [5, 5.41) is 3.35. The van der Waals surface area contributed by atoms with Crippen LogP contribution >= 0.6 is 0 Å². The van der Waals surface area contributed by atoms with Crippen LogP contribution in [0.3, 0.4) is 0 Å². The lowest BCUT2D eigenvalue weighted by Gasteiger charge is -2.07. The van der Waals surface area contributed by atoms with E-state index in [0.717, 1.165) is 27.8 Å². The molecule has 0 saturated carbocycles. The number of H-pyrrole nitrogens is 1. The molecule has 0 aliphatic rings. The smallest absolute Gasteiger partial charge is 0.354 e. The van der Waals surface area contributed by atoms with Crippen LogP contribution in [0.5, 0.6) is 0 Å². The number of pyridine rings is 1. The van der Waals surface area contributed by atoms with Crippen molar-refractivity contribution in [2.45, 2.75) is 33.4 Å². The Kier molecular flexibility index (Phi) is 5.11. The Morgan fingerprint density at radius 3 is 2.67 bits per heavy atom. The van der Waals surface area contributed by atoms with Gasteiger partial charge >= 0.3 is 6.18 Å². The molecule has 27 heavy (non-hydrogen) atoms. The van der Waals surface area contributed by atoms with Crippen molar-refractivity contribution >= 4 is 28.5 Å². The summed E-state index contributed by atoms with van der Waals surface area (Å²) >= 11 is 0. The number of aromatic amines is 1. The maximum Gasteiger partial charge on any atom is 0.390 e. The fourth-order valence-corrected chi connectivity index (χ4v) is 2.59. The van der Waals surface area contributed by atoms with Crippen molar-refractivity contribution in [1.82, 2.24) is 19.9 Å². The molecule has 3 heterocycles. The van der Waals surface area contributed by atoms with Crippen LogP contribution in [0.2, 0.25) is 0 Å². The first-order valence-corrected chi connectivity index (χ1v) is 8.36. The lowest BCUT2D eigenvalue weighted by Crippen LogP contribution is -2.15. The van der Waals surface area contributed by atoms with E-state index < -0.39 is 12.6 Å². The molecule has 0 fully saturated rings. The minimum Gasteiger partial charge on any atom is -0.354 e. The number of hydrogen-bond donors (Lipinski definition) is 2. The average molecular weight is 376 g/mol. The van der Waals surface area contributed by atoms with Gasteiger partial charge < -0.3 is 10.3 Å². The van der Waals surface area contributed by atoms with Gasteiger partial charge in [-0.05, 0) is 32.4 Å². The third kappa shape index (κ3) is 4.60. The number of nitrogens with zero attached hydrogens (tertiary/aromatic N) is 4. The molecule has 2 N–H and O–H groups in total.